The first-order valence-electron chi connectivity index (χ1n) is 14.7. The quantitative estimate of drug-likeness (QED) is 0.158. The molecule has 2 aromatic carbocycles. The third-order valence-electron chi connectivity index (χ3n) is 6.31. The van der Waals surface area contributed by atoms with Crippen molar-refractivity contribution in [3.63, 3.8) is 0 Å². The molecule has 3 heterocycles. The van der Waals surface area contributed by atoms with Gasteiger partial charge >= 0.3 is 11.6 Å². The number of allylic oxidation sites excluding steroid dienone is 4. The molecule has 252 valence electrons. The van der Waals surface area contributed by atoms with E-state index in [1.807, 2.05) is 64.1 Å². The van der Waals surface area contributed by atoms with Gasteiger partial charge in [-0.1, -0.05) is 36.4 Å². The van der Waals surface area contributed by atoms with Crippen LogP contribution >= 0.6 is 0 Å². The van der Waals surface area contributed by atoms with Gasteiger partial charge in [-0.25, -0.2) is 0 Å². The molecule has 46 heavy (non-hydrogen) atoms. The van der Waals surface area contributed by atoms with Crippen LogP contribution in [0.25, 0.3) is 0 Å². The van der Waals surface area contributed by atoms with Gasteiger partial charge in [0.05, 0.1) is 41.4 Å². The summed E-state index contributed by atoms with van der Waals surface area (Å²) in [5, 5.41) is 32.2. The first kappa shape index (κ1) is 41.3. The van der Waals surface area contributed by atoms with Crippen LogP contribution in [0.5, 0.6) is 0 Å². The van der Waals surface area contributed by atoms with Gasteiger partial charge in [-0.3, -0.25) is 9.59 Å². The van der Waals surface area contributed by atoms with E-state index in [9.17, 15) is 9.59 Å². The van der Waals surface area contributed by atoms with Crippen molar-refractivity contribution in [2.24, 2.45) is 0 Å². The van der Waals surface area contributed by atoms with Gasteiger partial charge in [0.2, 0.25) is 6.10 Å². The van der Waals surface area contributed by atoms with E-state index < -0.39 is 24.0 Å². The molecular weight excluding hydrogens is 632 g/mol. The number of aliphatic hydroxyl groups is 2. The molecule has 5 rings (SSSR count). The van der Waals surface area contributed by atoms with Crippen LogP contribution in [-0.4, -0.2) is 97.1 Å². The van der Waals surface area contributed by atoms with Gasteiger partial charge in [-0.05, 0) is 65.8 Å². The molecule has 12 heteroatoms. The van der Waals surface area contributed by atoms with Crippen molar-refractivity contribution in [2.45, 2.75) is 90.7 Å². The largest absolute Gasteiger partial charge is 0.512 e. The van der Waals surface area contributed by atoms with Crippen molar-refractivity contribution >= 4 is 11.6 Å². The summed E-state index contributed by atoms with van der Waals surface area (Å²) in [7, 11) is 0. The molecule has 3 fully saturated rings. The molecule has 0 aliphatic carbocycles. The SMILES string of the molecule is C/C(O)=C/C(=[OH+])c1ccccc1.CC(O)=CC(=[OH+])c1ccccc1.CC1(C)OCC(C2OC3OC(C)(C)OC3C2[OH2+])O1.CC[OH2+].[Ti]. The maximum atomic E-state index is 9.37. The Morgan fingerprint density at radius 1 is 0.804 bits per heavy atom. The van der Waals surface area contributed by atoms with Crippen molar-refractivity contribution in [3.8, 4) is 0 Å². The number of ketones is 2. The number of benzene rings is 2. The Kier molecular flexibility index (Phi) is 17.2. The van der Waals surface area contributed by atoms with Crippen molar-refractivity contribution in [2.75, 3.05) is 13.2 Å². The molecule has 0 spiro atoms. The molecule has 11 nitrogen and oxygen atoms in total. The molecule has 3 aliphatic rings. The first-order valence-corrected chi connectivity index (χ1v) is 14.7. The first-order chi connectivity index (χ1) is 21.1. The van der Waals surface area contributed by atoms with Gasteiger partial charge in [-0.2, -0.15) is 0 Å². The Morgan fingerprint density at radius 2 is 1.24 bits per heavy atom. The van der Waals surface area contributed by atoms with Crippen molar-refractivity contribution in [1.29, 1.82) is 0 Å². The molecule has 5 unspecified atom stereocenters. The molecule has 2 aromatic rings. The zero-order valence-electron chi connectivity index (χ0n) is 27.6. The van der Waals surface area contributed by atoms with E-state index in [0.717, 1.165) is 0 Å². The monoisotopic (exact) mass is 682 g/mol. The molecule has 0 radical (unpaired) electrons. The van der Waals surface area contributed by atoms with Crippen LogP contribution < -0.4 is 0 Å². The molecular formula is C34H50O11Ti+4. The summed E-state index contributed by atoms with van der Waals surface area (Å²) >= 11 is 0. The van der Waals surface area contributed by atoms with Gasteiger partial charge in [0.25, 0.3) is 0 Å². The third-order valence-corrected chi connectivity index (χ3v) is 6.31. The zero-order chi connectivity index (χ0) is 33.8. The summed E-state index contributed by atoms with van der Waals surface area (Å²) in [6.45, 7) is 13.1. The molecule has 5 atom stereocenters. The van der Waals surface area contributed by atoms with E-state index in [1.54, 1.807) is 31.2 Å². The van der Waals surface area contributed by atoms with Crippen LogP contribution in [-0.2, 0) is 45.4 Å². The summed E-state index contributed by atoms with van der Waals surface area (Å²) in [6.07, 6.45) is 0.697. The van der Waals surface area contributed by atoms with Crippen LogP contribution in [0, 0.1) is 0 Å². The Bertz CT molecular complexity index is 1210. The summed E-state index contributed by atoms with van der Waals surface area (Å²) in [5.41, 5.74) is 1.40. The molecule has 0 aromatic heterocycles. The predicted molar refractivity (Wildman–Crippen MR) is 173 cm³/mol. The van der Waals surface area contributed by atoms with E-state index >= 15 is 0 Å². The minimum atomic E-state index is -0.675. The minimum absolute atomic E-state index is 0. The molecule has 8 N–H and O–H groups in total. The van der Waals surface area contributed by atoms with E-state index in [0.29, 0.717) is 24.3 Å². The fourth-order valence-corrected chi connectivity index (χ4v) is 4.51. The average molecular weight is 683 g/mol. The minimum Gasteiger partial charge on any atom is -0.512 e. The van der Waals surface area contributed by atoms with Crippen molar-refractivity contribution < 1.29 is 75.4 Å². The maximum absolute atomic E-state index is 9.37. The van der Waals surface area contributed by atoms with Crippen LogP contribution in [0.4, 0.5) is 0 Å². The Morgan fingerprint density at radius 3 is 1.59 bits per heavy atom. The maximum Gasteiger partial charge on any atom is 0.350 e. The second kappa shape index (κ2) is 19.2. The smallest absolute Gasteiger partial charge is 0.350 e. The van der Waals surface area contributed by atoms with E-state index in [-0.39, 0.29) is 63.1 Å². The number of hydrogen-bond donors (Lipinski definition) is 2. The molecule has 0 saturated carbocycles. The van der Waals surface area contributed by atoms with Crippen LogP contribution in [0.15, 0.2) is 84.3 Å². The molecule has 3 aliphatic heterocycles. The fourth-order valence-electron chi connectivity index (χ4n) is 4.51. The Hall–Kier alpha value is -2.71. The molecule has 0 bridgehead atoms. The summed E-state index contributed by atoms with van der Waals surface area (Å²) in [4.78, 5) is 18.7. The number of ether oxygens (including phenoxy) is 5. The number of aliphatic hydroxyl groups excluding tert-OH is 2. The summed E-state index contributed by atoms with van der Waals surface area (Å²) < 4.78 is 28.3. The van der Waals surface area contributed by atoms with Crippen molar-refractivity contribution in [3.05, 3.63) is 95.5 Å². The van der Waals surface area contributed by atoms with Gasteiger partial charge in [0.1, 0.15) is 12.7 Å². The number of carbonyl (C=O) groups excluding carboxylic acids is 2. The van der Waals surface area contributed by atoms with E-state index in [1.165, 1.54) is 26.0 Å². The third kappa shape index (κ3) is 13.6. The summed E-state index contributed by atoms with van der Waals surface area (Å²) in [5.74, 6) is -0.933. The van der Waals surface area contributed by atoms with Crippen LogP contribution in [0.2, 0.25) is 0 Å². The van der Waals surface area contributed by atoms with Crippen molar-refractivity contribution in [1.82, 2.24) is 0 Å². The second-order valence-electron chi connectivity index (χ2n) is 11.4. The topological polar surface area (TPSA) is 175 Å². The second-order valence-corrected chi connectivity index (χ2v) is 11.4. The van der Waals surface area contributed by atoms with Crippen LogP contribution in [0.1, 0.15) is 59.6 Å². The van der Waals surface area contributed by atoms with Gasteiger partial charge in [0, 0.05) is 28.6 Å². The fraction of sp³-hybridized carbons (Fsp3) is 0.471. The normalized spacial score (nSPS) is 25.6. The average Bonchev–Trinajstić information content (AvgIpc) is 3.59. The number of fused-ring (bicyclic) bond motifs is 1. The predicted octanol–water partition coefficient (Wildman–Crippen LogP) is 3.92. The van der Waals surface area contributed by atoms with Crippen LogP contribution in [0.3, 0.4) is 0 Å². The number of hydrogen-bond acceptors (Lipinski definition) is 7. The van der Waals surface area contributed by atoms with Gasteiger partial charge in [-0.15, -0.1) is 0 Å². The molecule has 0 amide bonds. The standard InChI is InChI=1S/C12H20O6.2C10H10O2.C2H6O.Ti/c1-11(2)14-5-6(16-11)8-7(13)9-10(15-8)18-12(3,4)17-9;2*1-8(11)7-10(12)9-5-3-2-4-6-9;1-2-3;/h6-10,13H,5H2,1-4H3;2*2-7,11H,1H3;3H,2H2,1H3;/p+4/b;8-7-;;;. The Labute approximate surface area is 285 Å². The van der Waals surface area contributed by atoms with E-state index in [4.69, 9.17) is 44.1 Å². The van der Waals surface area contributed by atoms with Gasteiger partial charge in [0.15, 0.2) is 30.1 Å². The number of rotatable bonds is 5. The summed E-state index contributed by atoms with van der Waals surface area (Å²) in [6, 6.07) is 18.1. The van der Waals surface area contributed by atoms with Gasteiger partial charge < -0.3 is 44.1 Å². The van der Waals surface area contributed by atoms with E-state index in [2.05, 4.69) is 0 Å². The Balaban J connectivity index is 0.000000337. The molecule has 3 saturated heterocycles. The zero-order valence-corrected chi connectivity index (χ0v) is 29.1.